The number of amides is 2. The van der Waals surface area contributed by atoms with Crippen molar-refractivity contribution >= 4 is 46.5 Å². The lowest BCUT2D eigenvalue weighted by Gasteiger charge is -2.40. The van der Waals surface area contributed by atoms with E-state index in [-0.39, 0.29) is 6.03 Å². The molecule has 2 saturated heterocycles. The summed E-state index contributed by atoms with van der Waals surface area (Å²) >= 11 is 12.4. The molecule has 9 nitrogen and oxygen atoms in total. The Balaban J connectivity index is 1.27. The van der Waals surface area contributed by atoms with Gasteiger partial charge in [0.25, 0.3) is 0 Å². The second-order valence-electron chi connectivity index (χ2n) is 8.74. The van der Waals surface area contributed by atoms with Gasteiger partial charge in [-0.3, -0.25) is 0 Å². The van der Waals surface area contributed by atoms with Crippen molar-refractivity contribution < 1.29 is 4.79 Å². The van der Waals surface area contributed by atoms with Crippen molar-refractivity contribution in [2.45, 2.75) is 6.54 Å². The molecule has 2 amide bonds. The van der Waals surface area contributed by atoms with Crippen LogP contribution in [0.15, 0.2) is 36.5 Å². The molecular formula is C23H28Cl2N8O. The number of rotatable bonds is 4. The number of urea groups is 1. The third kappa shape index (κ3) is 4.87. The van der Waals surface area contributed by atoms with Crippen LogP contribution in [0.1, 0.15) is 5.56 Å². The number of piperazine rings is 2. The van der Waals surface area contributed by atoms with Crippen molar-refractivity contribution in [1.29, 1.82) is 0 Å². The number of nitrogens with zero attached hydrogens (tertiary/aromatic N) is 7. The fraction of sp³-hybridized carbons (Fsp3) is 0.435. The maximum atomic E-state index is 12.9. The Labute approximate surface area is 208 Å². The lowest BCUT2D eigenvalue weighted by Crippen LogP contribution is -2.56. The lowest BCUT2D eigenvalue weighted by molar-refractivity contribution is 0.120. The van der Waals surface area contributed by atoms with Crippen LogP contribution in [0.2, 0.25) is 10.0 Å². The molecule has 11 heteroatoms. The summed E-state index contributed by atoms with van der Waals surface area (Å²) in [4.78, 5) is 26.1. The van der Waals surface area contributed by atoms with Gasteiger partial charge in [0, 0.05) is 81.1 Å². The predicted octanol–water partition coefficient (Wildman–Crippen LogP) is 3.14. The Bertz CT molecular complexity index is 1170. The molecule has 1 N–H and O–H groups in total. The van der Waals surface area contributed by atoms with Crippen LogP contribution in [-0.2, 0) is 6.54 Å². The van der Waals surface area contributed by atoms with E-state index in [0.717, 1.165) is 62.1 Å². The minimum Gasteiger partial charge on any atom is -0.366 e. The number of halogens is 2. The average molecular weight is 503 g/mol. The van der Waals surface area contributed by atoms with Gasteiger partial charge in [-0.05, 0) is 24.7 Å². The molecule has 2 fully saturated rings. The van der Waals surface area contributed by atoms with Crippen molar-refractivity contribution in [2.24, 2.45) is 0 Å². The molecule has 0 aliphatic carbocycles. The van der Waals surface area contributed by atoms with Gasteiger partial charge in [0.15, 0.2) is 5.65 Å². The first-order chi connectivity index (χ1) is 16.5. The zero-order valence-corrected chi connectivity index (χ0v) is 20.6. The summed E-state index contributed by atoms with van der Waals surface area (Å²) in [6.45, 7) is 6.81. The second kappa shape index (κ2) is 9.85. The van der Waals surface area contributed by atoms with Crippen LogP contribution >= 0.6 is 23.2 Å². The first-order valence-corrected chi connectivity index (χ1v) is 12.2. The number of carbonyl (C=O) groups excluding carboxylic acids is 1. The van der Waals surface area contributed by atoms with Gasteiger partial charge in [-0.1, -0.05) is 29.3 Å². The molecule has 0 radical (unpaired) electrons. The second-order valence-corrected chi connectivity index (χ2v) is 9.58. The van der Waals surface area contributed by atoms with Gasteiger partial charge in [-0.25, -0.2) is 9.78 Å². The third-order valence-corrected chi connectivity index (χ3v) is 7.06. The summed E-state index contributed by atoms with van der Waals surface area (Å²) in [5.41, 5.74) is 1.71. The highest BCUT2D eigenvalue weighted by Crippen LogP contribution is 2.24. The molecule has 0 unspecified atom stereocenters. The van der Waals surface area contributed by atoms with Crippen molar-refractivity contribution in [1.82, 2.24) is 29.3 Å². The molecular weight excluding hydrogens is 475 g/mol. The normalized spacial score (nSPS) is 17.4. The third-order valence-electron chi connectivity index (χ3n) is 6.47. The summed E-state index contributed by atoms with van der Waals surface area (Å²) in [6, 6.07) is 9.52. The van der Waals surface area contributed by atoms with Gasteiger partial charge in [0.05, 0.1) is 6.20 Å². The Kier molecular flexibility index (Phi) is 6.67. The number of aromatic nitrogens is 3. The molecule has 0 spiro atoms. The van der Waals surface area contributed by atoms with E-state index in [1.165, 1.54) is 0 Å². The standard InChI is InChI=1S/C23H28Cl2N8O/c1-29-6-8-31(9-7-29)23(34)32-12-10-30(11-13-32)22-15-21(33-20(28-22)4-5-27-33)26-16-17-2-3-18(24)14-19(17)25/h2-5,14-15,26H,6-13,16H2,1H3. The Hall–Kier alpha value is -2.75. The van der Waals surface area contributed by atoms with Crippen molar-refractivity contribution in [3.63, 3.8) is 0 Å². The molecule has 2 aromatic heterocycles. The zero-order valence-electron chi connectivity index (χ0n) is 19.1. The number of likely N-dealkylation sites (N-methyl/N-ethyl adjacent to an activating group) is 1. The lowest BCUT2D eigenvalue weighted by atomic mass is 10.2. The number of hydrogen-bond donors (Lipinski definition) is 1. The van der Waals surface area contributed by atoms with E-state index in [1.54, 1.807) is 16.8 Å². The largest absolute Gasteiger partial charge is 0.366 e. The molecule has 4 heterocycles. The molecule has 0 bridgehead atoms. The molecule has 0 saturated carbocycles. The van der Waals surface area contributed by atoms with E-state index in [1.807, 2.05) is 34.1 Å². The van der Waals surface area contributed by atoms with Gasteiger partial charge in [0.1, 0.15) is 11.6 Å². The molecule has 1 aromatic carbocycles. The first-order valence-electron chi connectivity index (χ1n) is 11.5. The number of anilines is 2. The van der Waals surface area contributed by atoms with Gasteiger partial charge < -0.3 is 24.9 Å². The van der Waals surface area contributed by atoms with Gasteiger partial charge in [0.2, 0.25) is 0 Å². The van der Waals surface area contributed by atoms with Gasteiger partial charge in [-0.2, -0.15) is 9.61 Å². The van der Waals surface area contributed by atoms with Crippen LogP contribution in [0, 0.1) is 0 Å². The topological polar surface area (TPSA) is 72.2 Å². The summed E-state index contributed by atoms with van der Waals surface area (Å²) in [6.07, 6.45) is 1.74. The number of carbonyl (C=O) groups is 1. The minimum absolute atomic E-state index is 0.147. The van der Waals surface area contributed by atoms with E-state index in [0.29, 0.717) is 29.7 Å². The first kappa shape index (κ1) is 23.0. The van der Waals surface area contributed by atoms with Crippen LogP contribution in [0.25, 0.3) is 5.65 Å². The Morgan fingerprint density at radius 3 is 2.38 bits per heavy atom. The highest BCUT2D eigenvalue weighted by molar-refractivity contribution is 6.35. The SMILES string of the molecule is CN1CCN(C(=O)N2CCN(c3cc(NCc4ccc(Cl)cc4Cl)n4nccc4n3)CC2)CC1. The Morgan fingerprint density at radius 1 is 0.971 bits per heavy atom. The quantitative estimate of drug-likeness (QED) is 0.590. The highest BCUT2D eigenvalue weighted by atomic mass is 35.5. The van der Waals surface area contributed by atoms with Crippen molar-refractivity contribution in [3.05, 3.63) is 52.1 Å². The van der Waals surface area contributed by atoms with E-state index < -0.39 is 0 Å². The average Bonchev–Trinajstić information content (AvgIpc) is 3.32. The van der Waals surface area contributed by atoms with Crippen molar-refractivity contribution in [3.8, 4) is 0 Å². The summed E-state index contributed by atoms with van der Waals surface area (Å²) in [5.74, 6) is 1.69. The van der Waals surface area contributed by atoms with Gasteiger partial charge >= 0.3 is 6.03 Å². The fourth-order valence-electron chi connectivity index (χ4n) is 4.36. The summed E-state index contributed by atoms with van der Waals surface area (Å²) in [7, 11) is 2.10. The fourth-order valence-corrected chi connectivity index (χ4v) is 4.84. The molecule has 3 aromatic rings. The summed E-state index contributed by atoms with van der Waals surface area (Å²) in [5, 5.41) is 9.07. The summed E-state index contributed by atoms with van der Waals surface area (Å²) < 4.78 is 1.78. The van der Waals surface area contributed by atoms with E-state index in [2.05, 4.69) is 27.3 Å². The van der Waals surface area contributed by atoms with E-state index in [9.17, 15) is 4.79 Å². The van der Waals surface area contributed by atoms with Gasteiger partial charge in [-0.15, -0.1) is 0 Å². The number of benzene rings is 1. The van der Waals surface area contributed by atoms with Crippen LogP contribution in [0.5, 0.6) is 0 Å². The van der Waals surface area contributed by atoms with Crippen LogP contribution in [-0.4, -0.2) is 94.7 Å². The predicted molar refractivity (Wildman–Crippen MR) is 135 cm³/mol. The van der Waals surface area contributed by atoms with Crippen LogP contribution in [0.4, 0.5) is 16.4 Å². The molecule has 0 atom stereocenters. The maximum absolute atomic E-state index is 12.9. The minimum atomic E-state index is 0.147. The maximum Gasteiger partial charge on any atom is 0.320 e. The smallest absolute Gasteiger partial charge is 0.320 e. The monoisotopic (exact) mass is 502 g/mol. The number of hydrogen-bond acceptors (Lipinski definition) is 6. The molecule has 2 aliphatic heterocycles. The molecule has 34 heavy (non-hydrogen) atoms. The molecule has 180 valence electrons. The van der Waals surface area contributed by atoms with Crippen LogP contribution in [0.3, 0.4) is 0 Å². The van der Waals surface area contributed by atoms with Crippen molar-refractivity contribution in [2.75, 3.05) is 69.6 Å². The zero-order chi connectivity index (χ0) is 23.7. The Morgan fingerprint density at radius 2 is 1.68 bits per heavy atom. The van der Waals surface area contributed by atoms with E-state index in [4.69, 9.17) is 28.2 Å². The molecule has 5 rings (SSSR count). The highest BCUT2D eigenvalue weighted by Gasteiger charge is 2.28. The number of nitrogens with one attached hydrogen (secondary N) is 1. The van der Waals surface area contributed by atoms with E-state index >= 15 is 0 Å². The molecule has 2 aliphatic rings. The van der Waals surface area contributed by atoms with Crippen LogP contribution < -0.4 is 10.2 Å². The number of fused-ring (bicyclic) bond motifs is 1.